The predicted molar refractivity (Wildman–Crippen MR) is 64.6 cm³/mol. The normalized spacial score (nSPS) is 11.9. The van der Waals surface area contributed by atoms with E-state index in [0.717, 1.165) is 0 Å². The SMILES string of the molecule is CCC(=O)C(C(=O)CC)c1c(F)c(F)c(C(F)(F)F)c(F)c1F. The van der Waals surface area contributed by atoms with E-state index < -0.39 is 70.9 Å². The summed E-state index contributed by atoms with van der Waals surface area (Å²) in [5, 5.41) is 0. The van der Waals surface area contributed by atoms with Crippen LogP contribution in [0.3, 0.4) is 0 Å². The molecule has 0 aliphatic heterocycles. The maximum absolute atomic E-state index is 13.9. The third-order valence-corrected chi connectivity index (χ3v) is 3.21. The van der Waals surface area contributed by atoms with Gasteiger partial charge in [0.15, 0.2) is 23.3 Å². The third-order valence-electron chi connectivity index (χ3n) is 3.21. The Labute approximate surface area is 126 Å². The first-order chi connectivity index (χ1) is 10.5. The van der Waals surface area contributed by atoms with Gasteiger partial charge in [-0.05, 0) is 0 Å². The molecule has 0 saturated carbocycles. The molecule has 2 nitrogen and oxygen atoms in total. The highest BCUT2D eigenvalue weighted by atomic mass is 19.4. The maximum Gasteiger partial charge on any atom is 0.422 e. The highest BCUT2D eigenvalue weighted by Crippen LogP contribution is 2.39. The van der Waals surface area contributed by atoms with Crippen molar-refractivity contribution in [1.29, 1.82) is 0 Å². The maximum atomic E-state index is 13.9. The average Bonchev–Trinajstić information content (AvgIpc) is 2.46. The van der Waals surface area contributed by atoms with Crippen LogP contribution >= 0.6 is 0 Å². The number of rotatable bonds is 5. The van der Waals surface area contributed by atoms with Crippen molar-refractivity contribution in [1.82, 2.24) is 0 Å². The van der Waals surface area contributed by atoms with Crippen molar-refractivity contribution in [2.75, 3.05) is 0 Å². The summed E-state index contributed by atoms with van der Waals surface area (Å²) in [4.78, 5) is 23.4. The standard InChI is InChI=1S/C14H11F7O2/c1-3-5(22)7(6(23)4-2)8-10(15)12(17)9(14(19,20)21)13(18)11(8)16/h7H,3-4H2,1-2H3. The van der Waals surface area contributed by atoms with Crippen molar-refractivity contribution in [2.24, 2.45) is 0 Å². The van der Waals surface area contributed by atoms with E-state index in [2.05, 4.69) is 0 Å². The molecule has 1 aromatic carbocycles. The van der Waals surface area contributed by atoms with Crippen molar-refractivity contribution in [2.45, 2.75) is 38.8 Å². The minimum atomic E-state index is -5.69. The zero-order valence-electron chi connectivity index (χ0n) is 12.0. The molecule has 0 amide bonds. The highest BCUT2D eigenvalue weighted by molar-refractivity contribution is 6.07. The molecular formula is C14H11F7O2. The predicted octanol–water partition coefficient (Wildman–Crippen LogP) is 4.30. The molecule has 0 fully saturated rings. The molecule has 0 radical (unpaired) electrons. The Balaban J connectivity index is 3.79. The Morgan fingerprint density at radius 3 is 1.43 bits per heavy atom. The van der Waals surface area contributed by atoms with E-state index >= 15 is 0 Å². The Bertz CT molecular complexity index is 605. The van der Waals surface area contributed by atoms with Crippen LogP contribution in [0.1, 0.15) is 43.7 Å². The molecule has 1 rings (SSSR count). The third kappa shape index (κ3) is 3.37. The van der Waals surface area contributed by atoms with Crippen LogP contribution in [-0.4, -0.2) is 11.6 Å². The van der Waals surface area contributed by atoms with Gasteiger partial charge in [0.1, 0.15) is 23.0 Å². The summed E-state index contributed by atoms with van der Waals surface area (Å²) in [7, 11) is 0. The van der Waals surface area contributed by atoms with Crippen LogP contribution in [0.25, 0.3) is 0 Å². The van der Waals surface area contributed by atoms with Crippen LogP contribution in [0.5, 0.6) is 0 Å². The van der Waals surface area contributed by atoms with Gasteiger partial charge < -0.3 is 0 Å². The van der Waals surface area contributed by atoms with E-state index in [1.165, 1.54) is 13.8 Å². The molecule has 0 spiro atoms. The number of ketones is 2. The van der Waals surface area contributed by atoms with Crippen molar-refractivity contribution in [3.8, 4) is 0 Å². The topological polar surface area (TPSA) is 34.1 Å². The number of carbonyl (C=O) groups is 2. The number of benzene rings is 1. The molecule has 0 heterocycles. The summed E-state index contributed by atoms with van der Waals surface area (Å²) >= 11 is 0. The van der Waals surface area contributed by atoms with E-state index in [9.17, 15) is 40.3 Å². The minimum Gasteiger partial charge on any atom is -0.299 e. The Kier molecular flexibility index (Phi) is 5.55. The van der Waals surface area contributed by atoms with Gasteiger partial charge in [0.25, 0.3) is 0 Å². The summed E-state index contributed by atoms with van der Waals surface area (Å²) in [5.74, 6) is -14.5. The second-order valence-electron chi connectivity index (χ2n) is 4.62. The van der Waals surface area contributed by atoms with Gasteiger partial charge >= 0.3 is 6.18 Å². The molecule has 0 atom stereocenters. The first-order valence-electron chi connectivity index (χ1n) is 6.47. The molecule has 0 aliphatic rings. The van der Waals surface area contributed by atoms with Crippen LogP contribution < -0.4 is 0 Å². The van der Waals surface area contributed by atoms with Crippen LogP contribution in [0, 0.1) is 23.3 Å². The first kappa shape index (κ1) is 19.1. The van der Waals surface area contributed by atoms with Crippen LogP contribution in [0.2, 0.25) is 0 Å². The second-order valence-corrected chi connectivity index (χ2v) is 4.62. The molecule has 9 heteroatoms. The summed E-state index contributed by atoms with van der Waals surface area (Å²) in [5.41, 5.74) is -4.38. The van der Waals surface area contributed by atoms with Gasteiger partial charge in [-0.1, -0.05) is 13.8 Å². The van der Waals surface area contributed by atoms with E-state index in [0.29, 0.717) is 0 Å². The number of Topliss-reactive ketones (excluding diaryl/α,β-unsaturated/α-hetero) is 2. The lowest BCUT2D eigenvalue weighted by Gasteiger charge is -2.19. The quantitative estimate of drug-likeness (QED) is 0.453. The minimum absolute atomic E-state index is 0.403. The summed E-state index contributed by atoms with van der Waals surface area (Å²) in [6.07, 6.45) is -6.49. The lowest BCUT2D eigenvalue weighted by Crippen LogP contribution is -2.26. The number of hydrogen-bond donors (Lipinski definition) is 0. The smallest absolute Gasteiger partial charge is 0.299 e. The summed E-state index contributed by atoms with van der Waals surface area (Å²) < 4.78 is 92.4. The zero-order valence-corrected chi connectivity index (χ0v) is 12.0. The van der Waals surface area contributed by atoms with Gasteiger partial charge in [0, 0.05) is 18.4 Å². The molecule has 0 saturated heterocycles. The Morgan fingerprint density at radius 2 is 1.17 bits per heavy atom. The van der Waals surface area contributed by atoms with E-state index in [-0.39, 0.29) is 0 Å². The summed E-state index contributed by atoms with van der Waals surface area (Å²) in [6.45, 7) is 2.45. The number of carbonyl (C=O) groups excluding carboxylic acids is 2. The van der Waals surface area contributed by atoms with Crippen molar-refractivity contribution >= 4 is 11.6 Å². The lowest BCUT2D eigenvalue weighted by atomic mass is 9.86. The van der Waals surface area contributed by atoms with Crippen LogP contribution in [0.15, 0.2) is 0 Å². The molecule has 23 heavy (non-hydrogen) atoms. The first-order valence-corrected chi connectivity index (χ1v) is 6.47. The van der Waals surface area contributed by atoms with Gasteiger partial charge in [0.2, 0.25) is 0 Å². The number of alkyl halides is 3. The monoisotopic (exact) mass is 344 g/mol. The van der Waals surface area contributed by atoms with Gasteiger partial charge in [-0.25, -0.2) is 17.6 Å². The van der Waals surface area contributed by atoms with Gasteiger partial charge in [0.05, 0.1) is 0 Å². The molecule has 0 aromatic heterocycles. The molecule has 0 bridgehead atoms. The molecule has 0 unspecified atom stereocenters. The largest absolute Gasteiger partial charge is 0.422 e. The van der Waals surface area contributed by atoms with Crippen molar-refractivity contribution < 1.29 is 40.3 Å². The van der Waals surface area contributed by atoms with E-state index in [4.69, 9.17) is 0 Å². The summed E-state index contributed by atoms with van der Waals surface area (Å²) in [6, 6.07) is 0. The van der Waals surface area contributed by atoms with Crippen molar-refractivity contribution in [3.63, 3.8) is 0 Å². The molecule has 0 aliphatic carbocycles. The fourth-order valence-electron chi connectivity index (χ4n) is 2.06. The van der Waals surface area contributed by atoms with Crippen molar-refractivity contribution in [3.05, 3.63) is 34.4 Å². The van der Waals surface area contributed by atoms with Crippen LogP contribution in [-0.2, 0) is 15.8 Å². The van der Waals surface area contributed by atoms with Crippen LogP contribution in [0.4, 0.5) is 30.7 Å². The van der Waals surface area contributed by atoms with E-state index in [1.807, 2.05) is 0 Å². The van der Waals surface area contributed by atoms with Gasteiger partial charge in [-0.2, -0.15) is 13.2 Å². The fourth-order valence-corrected chi connectivity index (χ4v) is 2.06. The number of hydrogen-bond acceptors (Lipinski definition) is 2. The second kappa shape index (κ2) is 6.67. The Morgan fingerprint density at radius 1 is 0.826 bits per heavy atom. The zero-order chi connectivity index (χ0) is 18.1. The molecule has 1 aromatic rings. The van der Waals surface area contributed by atoms with Gasteiger partial charge in [-0.15, -0.1) is 0 Å². The van der Waals surface area contributed by atoms with Gasteiger partial charge in [-0.3, -0.25) is 9.59 Å². The Hall–Kier alpha value is -1.93. The fraction of sp³-hybridized carbons (Fsp3) is 0.429. The molecule has 0 N–H and O–H groups in total. The average molecular weight is 344 g/mol. The molecular weight excluding hydrogens is 333 g/mol. The van der Waals surface area contributed by atoms with E-state index in [1.54, 1.807) is 0 Å². The lowest BCUT2D eigenvalue weighted by molar-refractivity contribution is -0.143. The number of halogens is 7. The molecule has 128 valence electrons. The highest BCUT2D eigenvalue weighted by Gasteiger charge is 2.44.